The first-order valence-electron chi connectivity index (χ1n) is 5.96. The van der Waals surface area contributed by atoms with E-state index >= 15 is 0 Å². The van der Waals surface area contributed by atoms with Crippen molar-refractivity contribution in [3.05, 3.63) is 61.4 Å². The number of para-hydroxylation sites is 2. The molecule has 0 atom stereocenters. The van der Waals surface area contributed by atoms with Crippen LogP contribution in [0.2, 0.25) is 0 Å². The van der Waals surface area contributed by atoms with E-state index in [2.05, 4.69) is 64.8 Å². The maximum Gasteiger partial charge on any atom is 0.307 e. The molecule has 3 aromatic rings. The van der Waals surface area contributed by atoms with Crippen LogP contribution in [0, 0.1) is 0 Å². The van der Waals surface area contributed by atoms with Crippen LogP contribution < -0.4 is 0 Å². The van der Waals surface area contributed by atoms with Crippen molar-refractivity contribution in [2.45, 2.75) is 6.92 Å². The fourth-order valence-corrected chi connectivity index (χ4v) is 1.92. The third-order valence-corrected chi connectivity index (χ3v) is 2.66. The van der Waals surface area contributed by atoms with Gasteiger partial charge in [0.2, 0.25) is 0 Å². The Morgan fingerprint density at radius 2 is 1.53 bits per heavy atom. The van der Waals surface area contributed by atoms with Crippen molar-refractivity contribution in [3.8, 4) is 0 Å². The van der Waals surface area contributed by atoms with Gasteiger partial charge in [0.05, 0.1) is 6.26 Å². The Morgan fingerprint density at radius 1 is 1.05 bits per heavy atom. The van der Waals surface area contributed by atoms with Crippen LogP contribution in [0.5, 0.6) is 0 Å². The minimum Gasteiger partial charge on any atom is -0.435 e. The lowest BCUT2D eigenvalue weighted by molar-refractivity contribution is -0.135. The molecule has 1 N–H and O–H groups in total. The molecular weight excluding hydrogens is 238 g/mol. The zero-order valence-electron chi connectivity index (χ0n) is 10.7. The molecule has 3 heteroatoms. The van der Waals surface area contributed by atoms with Gasteiger partial charge in [-0.2, -0.15) is 0 Å². The predicted molar refractivity (Wildman–Crippen MR) is 77.8 cm³/mol. The summed E-state index contributed by atoms with van der Waals surface area (Å²) in [5.41, 5.74) is 2.42. The molecule has 1 heterocycles. The second-order valence-electron chi connectivity index (χ2n) is 3.99. The van der Waals surface area contributed by atoms with Gasteiger partial charge in [-0.3, -0.25) is 4.79 Å². The van der Waals surface area contributed by atoms with Crippen molar-refractivity contribution < 1.29 is 9.53 Å². The summed E-state index contributed by atoms with van der Waals surface area (Å²) in [7, 11) is 0. The zero-order valence-corrected chi connectivity index (χ0v) is 10.7. The average molecular weight is 253 g/mol. The number of ether oxygens (including phenoxy) is 1. The molecule has 1 aromatic heterocycles. The van der Waals surface area contributed by atoms with Crippen molar-refractivity contribution in [1.29, 1.82) is 0 Å². The number of nitrogens with one attached hydrogen (secondary N) is 1. The van der Waals surface area contributed by atoms with Crippen LogP contribution in [-0.2, 0) is 9.53 Å². The monoisotopic (exact) mass is 253 g/mol. The second-order valence-corrected chi connectivity index (χ2v) is 3.99. The van der Waals surface area contributed by atoms with Crippen molar-refractivity contribution in [1.82, 2.24) is 4.98 Å². The molecule has 3 rings (SSSR count). The van der Waals surface area contributed by atoms with Crippen LogP contribution in [0.3, 0.4) is 0 Å². The van der Waals surface area contributed by atoms with E-state index in [0.29, 0.717) is 0 Å². The lowest BCUT2D eigenvalue weighted by Crippen LogP contribution is -1.87. The highest BCUT2D eigenvalue weighted by Gasteiger charge is 2.00. The number of benzene rings is 2. The molecule has 0 spiro atoms. The standard InChI is InChI=1S/C12H9N.C4H6O2/c1-3-7-11-9(5-1)10-6-2-4-8-12(10)13-11;1-3-6-4(2)5/h1-8,13H;3H,1H2,2H3. The largest absolute Gasteiger partial charge is 0.435 e. The van der Waals surface area contributed by atoms with Gasteiger partial charge in [-0.1, -0.05) is 43.0 Å². The highest BCUT2D eigenvalue weighted by atomic mass is 16.5. The Kier molecular flexibility index (Phi) is 3.98. The Bertz CT molecular complexity index is 662. The smallest absolute Gasteiger partial charge is 0.307 e. The molecule has 2 aromatic carbocycles. The van der Waals surface area contributed by atoms with E-state index in [9.17, 15) is 4.79 Å². The zero-order chi connectivity index (χ0) is 13.7. The molecule has 0 aliphatic rings. The fraction of sp³-hybridized carbons (Fsp3) is 0.0625. The SMILES string of the molecule is C=COC(C)=O.c1ccc2c(c1)[nH]c1ccccc12. The number of rotatable bonds is 1. The maximum atomic E-state index is 9.75. The summed E-state index contributed by atoms with van der Waals surface area (Å²) in [5.74, 6) is -0.329. The topological polar surface area (TPSA) is 42.1 Å². The van der Waals surface area contributed by atoms with Gasteiger partial charge in [-0.05, 0) is 12.1 Å². The minimum absolute atomic E-state index is 0.329. The molecule has 0 aliphatic carbocycles. The number of aromatic amines is 1. The number of esters is 1. The van der Waals surface area contributed by atoms with Gasteiger partial charge in [-0.15, -0.1) is 0 Å². The number of H-pyrrole nitrogens is 1. The van der Waals surface area contributed by atoms with Crippen molar-refractivity contribution in [2.75, 3.05) is 0 Å². The van der Waals surface area contributed by atoms with E-state index in [4.69, 9.17) is 0 Å². The highest BCUT2D eigenvalue weighted by Crippen LogP contribution is 2.24. The quantitative estimate of drug-likeness (QED) is 0.526. The summed E-state index contributed by atoms with van der Waals surface area (Å²) in [6.45, 7) is 4.48. The summed E-state index contributed by atoms with van der Waals surface area (Å²) >= 11 is 0. The first-order chi connectivity index (χ1) is 9.22. The average Bonchev–Trinajstić information content (AvgIpc) is 2.78. The van der Waals surface area contributed by atoms with E-state index in [0.717, 1.165) is 6.26 Å². The third kappa shape index (κ3) is 3.01. The fourth-order valence-electron chi connectivity index (χ4n) is 1.92. The molecule has 0 saturated heterocycles. The summed E-state index contributed by atoms with van der Waals surface area (Å²) < 4.78 is 4.17. The van der Waals surface area contributed by atoms with E-state index in [-0.39, 0.29) is 5.97 Å². The second kappa shape index (κ2) is 5.87. The first kappa shape index (κ1) is 12.9. The van der Waals surface area contributed by atoms with Crippen molar-refractivity contribution in [2.24, 2.45) is 0 Å². The number of carbonyl (C=O) groups is 1. The highest BCUT2D eigenvalue weighted by molar-refractivity contribution is 6.06. The van der Waals surface area contributed by atoms with Gasteiger partial charge in [0.15, 0.2) is 0 Å². The maximum absolute atomic E-state index is 9.75. The Balaban J connectivity index is 0.000000192. The normalized spacial score (nSPS) is 9.74. The summed E-state index contributed by atoms with van der Waals surface area (Å²) in [6.07, 6.45) is 1.10. The van der Waals surface area contributed by atoms with Crippen LogP contribution in [-0.4, -0.2) is 11.0 Å². The number of hydrogen-bond acceptors (Lipinski definition) is 2. The number of fused-ring (bicyclic) bond motifs is 3. The first-order valence-corrected chi connectivity index (χ1v) is 5.96. The van der Waals surface area contributed by atoms with E-state index in [1.807, 2.05) is 0 Å². The molecule has 0 amide bonds. The Hall–Kier alpha value is -2.55. The molecule has 19 heavy (non-hydrogen) atoms. The van der Waals surface area contributed by atoms with Crippen LogP contribution in [0.1, 0.15) is 6.92 Å². The number of carbonyl (C=O) groups excluding carboxylic acids is 1. The summed E-state index contributed by atoms with van der Waals surface area (Å²) in [6, 6.07) is 16.8. The number of aromatic nitrogens is 1. The van der Waals surface area contributed by atoms with Gasteiger partial charge in [0, 0.05) is 28.7 Å². The van der Waals surface area contributed by atoms with Gasteiger partial charge >= 0.3 is 5.97 Å². The van der Waals surface area contributed by atoms with Gasteiger partial charge in [0.1, 0.15) is 0 Å². The van der Waals surface area contributed by atoms with E-state index in [1.165, 1.54) is 28.7 Å². The van der Waals surface area contributed by atoms with Crippen LogP contribution in [0.25, 0.3) is 21.8 Å². The number of hydrogen-bond donors (Lipinski definition) is 1. The predicted octanol–water partition coefficient (Wildman–Crippen LogP) is 4.01. The van der Waals surface area contributed by atoms with Gasteiger partial charge in [-0.25, -0.2) is 0 Å². The Labute approximate surface area is 111 Å². The van der Waals surface area contributed by atoms with Crippen LogP contribution >= 0.6 is 0 Å². The molecule has 3 nitrogen and oxygen atoms in total. The summed E-state index contributed by atoms with van der Waals surface area (Å²) in [4.78, 5) is 13.1. The molecule has 0 bridgehead atoms. The minimum atomic E-state index is -0.329. The molecule has 0 aliphatic heterocycles. The Morgan fingerprint density at radius 3 is 1.89 bits per heavy atom. The van der Waals surface area contributed by atoms with Gasteiger partial charge < -0.3 is 9.72 Å². The molecule has 0 unspecified atom stereocenters. The lowest BCUT2D eigenvalue weighted by Gasteiger charge is -1.87. The third-order valence-electron chi connectivity index (χ3n) is 2.66. The molecular formula is C16H15NO2. The van der Waals surface area contributed by atoms with Crippen molar-refractivity contribution >= 4 is 27.8 Å². The molecule has 0 fully saturated rings. The van der Waals surface area contributed by atoms with Gasteiger partial charge in [0.25, 0.3) is 0 Å². The summed E-state index contributed by atoms with van der Waals surface area (Å²) in [5, 5.41) is 2.61. The molecule has 0 saturated carbocycles. The van der Waals surface area contributed by atoms with E-state index in [1.54, 1.807) is 0 Å². The molecule has 0 radical (unpaired) electrons. The molecule has 96 valence electrons. The van der Waals surface area contributed by atoms with Crippen LogP contribution in [0.4, 0.5) is 0 Å². The van der Waals surface area contributed by atoms with E-state index < -0.39 is 0 Å². The van der Waals surface area contributed by atoms with Crippen LogP contribution in [0.15, 0.2) is 61.4 Å². The van der Waals surface area contributed by atoms with Crippen molar-refractivity contribution in [3.63, 3.8) is 0 Å². The lowest BCUT2D eigenvalue weighted by atomic mass is 10.2.